The zero-order valence-corrected chi connectivity index (χ0v) is 22.7. The topological polar surface area (TPSA) is 122 Å². The van der Waals surface area contributed by atoms with Crippen LogP contribution in [0.15, 0.2) is 0 Å². The third kappa shape index (κ3) is 5.13. The molecule has 10 heteroatoms. The molecule has 0 bridgehead atoms. The Bertz CT molecular complexity index is 888. The summed E-state index contributed by atoms with van der Waals surface area (Å²) in [7, 11) is 1.30. The van der Waals surface area contributed by atoms with Crippen LogP contribution in [0.5, 0.6) is 0 Å². The van der Waals surface area contributed by atoms with E-state index >= 15 is 0 Å². The Hall–Kier alpha value is -1.97. The number of carbonyl (C=O) groups is 5. The van der Waals surface area contributed by atoms with E-state index in [2.05, 4.69) is 15.9 Å². The highest BCUT2D eigenvalue weighted by molar-refractivity contribution is 9.10. The van der Waals surface area contributed by atoms with E-state index < -0.39 is 58.3 Å². The average molecular weight is 559 g/mol. The Kier molecular flexibility index (Phi) is 8.34. The zero-order valence-electron chi connectivity index (χ0n) is 21.1. The van der Waals surface area contributed by atoms with Crippen LogP contribution in [0, 0.1) is 35.0 Å². The van der Waals surface area contributed by atoms with E-state index in [4.69, 9.17) is 18.9 Å². The maximum absolute atomic E-state index is 13.1. The first-order valence-corrected chi connectivity index (χ1v) is 13.0. The lowest BCUT2D eigenvalue weighted by molar-refractivity contribution is -0.254. The number of halogens is 1. The number of hydrogen-bond acceptors (Lipinski definition) is 9. The van der Waals surface area contributed by atoms with Gasteiger partial charge in [-0.2, -0.15) is 0 Å². The molecule has 3 fully saturated rings. The number of hydrogen-bond donors (Lipinski definition) is 0. The molecule has 3 saturated carbocycles. The number of carbonyl (C=O) groups excluding carboxylic acids is 5. The van der Waals surface area contributed by atoms with Crippen molar-refractivity contribution < 1.29 is 42.9 Å². The number of fused-ring (bicyclic) bond motifs is 3. The minimum atomic E-state index is -0.999. The highest BCUT2D eigenvalue weighted by atomic mass is 79.9. The molecule has 9 nitrogen and oxygen atoms in total. The molecule has 0 aromatic heterocycles. The summed E-state index contributed by atoms with van der Waals surface area (Å²) >= 11 is 3.53. The van der Waals surface area contributed by atoms with Crippen LogP contribution >= 0.6 is 15.9 Å². The molecule has 0 saturated heterocycles. The van der Waals surface area contributed by atoms with Gasteiger partial charge in [0.05, 0.1) is 18.4 Å². The van der Waals surface area contributed by atoms with Crippen LogP contribution in [-0.2, 0) is 42.9 Å². The summed E-state index contributed by atoms with van der Waals surface area (Å²) in [6.07, 6.45) is -0.833. The summed E-state index contributed by atoms with van der Waals surface area (Å²) in [5.41, 5.74) is -0.703. The molecular formula is C25H35BrO9. The lowest BCUT2D eigenvalue weighted by Gasteiger charge is -2.63. The van der Waals surface area contributed by atoms with Crippen LogP contribution in [0.3, 0.4) is 0 Å². The molecule has 0 aromatic rings. The molecule has 0 unspecified atom stereocenters. The monoisotopic (exact) mass is 558 g/mol. The molecule has 35 heavy (non-hydrogen) atoms. The molecule has 3 aliphatic rings. The minimum Gasteiger partial charge on any atom is -0.469 e. The van der Waals surface area contributed by atoms with Gasteiger partial charge in [0.25, 0.3) is 0 Å². The molecular weight excluding hydrogens is 524 g/mol. The Labute approximate surface area is 214 Å². The fraction of sp³-hybridized carbons (Fsp3) is 0.800. The average Bonchev–Trinajstić information content (AvgIpc) is 2.76. The van der Waals surface area contributed by atoms with Gasteiger partial charge in [0.15, 0.2) is 6.10 Å². The predicted molar refractivity (Wildman–Crippen MR) is 126 cm³/mol. The van der Waals surface area contributed by atoms with Crippen molar-refractivity contribution in [2.24, 2.45) is 35.0 Å². The Morgan fingerprint density at radius 1 is 0.943 bits per heavy atom. The summed E-state index contributed by atoms with van der Waals surface area (Å²) in [6, 6.07) is 0. The third-order valence-electron chi connectivity index (χ3n) is 8.48. The Balaban J connectivity index is 2.12. The van der Waals surface area contributed by atoms with Crippen molar-refractivity contribution in [3.8, 4) is 0 Å². The van der Waals surface area contributed by atoms with Crippen LogP contribution in [0.2, 0.25) is 0 Å². The van der Waals surface area contributed by atoms with E-state index in [1.165, 1.54) is 27.9 Å². The predicted octanol–water partition coefficient (Wildman–Crippen LogP) is 3.00. The van der Waals surface area contributed by atoms with Gasteiger partial charge < -0.3 is 18.9 Å². The molecule has 0 aromatic carbocycles. The number of Topliss-reactive ketones (excluding diaryl/α,β-unsaturated/α-hetero) is 1. The maximum Gasteiger partial charge on any atom is 0.306 e. The van der Waals surface area contributed by atoms with Crippen LogP contribution in [0.4, 0.5) is 0 Å². The van der Waals surface area contributed by atoms with Crippen LogP contribution in [0.25, 0.3) is 0 Å². The summed E-state index contributed by atoms with van der Waals surface area (Å²) in [6.45, 7) is 7.83. The van der Waals surface area contributed by atoms with Gasteiger partial charge in [-0.25, -0.2) is 0 Å². The standard InChI is InChI=1S/C25H35BrO9/c1-11-17-8-7-15-16(9-20(30)32-6)21(31)19(26)10-18(15)25(17,5)24(35-14(4)29)23(34-13(3)28)22(11)33-12(2)27/h11,15-19,22-24H,7-10H2,1-6H3/t11-,15-,16-,17-,18-,19+,22+,23+,24-,25-/m0/s1. The molecule has 0 spiro atoms. The molecule has 10 atom stereocenters. The first-order valence-electron chi connectivity index (χ1n) is 12.1. The second-order valence-corrected chi connectivity index (χ2v) is 11.5. The largest absolute Gasteiger partial charge is 0.469 e. The SMILES string of the molecule is COC(=O)C[C@@H]1C(=O)[C@H](Br)C[C@H]2[C@H]1CC[C@H]1[C@H](C)[C@@H](OC(C)=O)[C@@H](OC(C)=O)[C@H](OC(C)=O)[C@@]12C. The quantitative estimate of drug-likeness (QED) is 0.284. The third-order valence-corrected chi connectivity index (χ3v) is 9.30. The van der Waals surface area contributed by atoms with E-state index in [1.807, 2.05) is 13.8 Å². The van der Waals surface area contributed by atoms with Crippen molar-refractivity contribution in [1.82, 2.24) is 0 Å². The molecule has 0 radical (unpaired) electrons. The number of ether oxygens (including phenoxy) is 4. The number of esters is 4. The molecule has 3 rings (SSSR count). The smallest absolute Gasteiger partial charge is 0.306 e. The lowest BCUT2D eigenvalue weighted by atomic mass is 9.44. The highest BCUT2D eigenvalue weighted by Crippen LogP contribution is 2.63. The fourth-order valence-corrected chi connectivity index (χ4v) is 7.94. The van der Waals surface area contributed by atoms with Crippen molar-refractivity contribution in [2.45, 2.75) is 83.4 Å². The first kappa shape index (κ1) is 27.6. The van der Waals surface area contributed by atoms with E-state index in [0.717, 1.165) is 0 Å². The van der Waals surface area contributed by atoms with Gasteiger partial charge in [-0.15, -0.1) is 0 Å². The number of rotatable bonds is 5. The second kappa shape index (κ2) is 10.6. The maximum atomic E-state index is 13.1. The summed E-state index contributed by atoms with van der Waals surface area (Å²) in [5, 5.41) is 0. The van der Waals surface area contributed by atoms with Gasteiger partial charge in [-0.3, -0.25) is 24.0 Å². The van der Waals surface area contributed by atoms with Gasteiger partial charge in [-0.1, -0.05) is 29.8 Å². The summed E-state index contributed by atoms with van der Waals surface area (Å²) in [5.74, 6) is -3.15. The number of methoxy groups -OCH3 is 1. The van der Waals surface area contributed by atoms with E-state index in [-0.39, 0.29) is 35.9 Å². The van der Waals surface area contributed by atoms with Gasteiger partial charge in [-0.05, 0) is 37.0 Å². The van der Waals surface area contributed by atoms with Gasteiger partial charge >= 0.3 is 23.9 Å². The molecule has 0 heterocycles. The number of ketones is 1. The molecule has 0 N–H and O–H groups in total. The van der Waals surface area contributed by atoms with Gasteiger partial charge in [0.2, 0.25) is 0 Å². The van der Waals surface area contributed by atoms with Crippen LogP contribution in [0.1, 0.15) is 60.3 Å². The summed E-state index contributed by atoms with van der Waals surface area (Å²) in [4.78, 5) is 61.3. The normalized spacial score (nSPS) is 40.5. The first-order chi connectivity index (χ1) is 16.3. The Morgan fingerprint density at radius 2 is 1.51 bits per heavy atom. The van der Waals surface area contributed by atoms with Gasteiger partial charge in [0.1, 0.15) is 18.0 Å². The van der Waals surface area contributed by atoms with E-state index in [0.29, 0.717) is 19.3 Å². The number of alkyl halides is 1. The minimum absolute atomic E-state index is 0.0173. The fourth-order valence-electron chi connectivity index (χ4n) is 7.19. The van der Waals surface area contributed by atoms with Crippen molar-refractivity contribution >= 4 is 45.6 Å². The second-order valence-electron chi connectivity index (χ2n) is 10.3. The zero-order chi connectivity index (χ0) is 26.2. The summed E-state index contributed by atoms with van der Waals surface area (Å²) < 4.78 is 22.1. The van der Waals surface area contributed by atoms with E-state index in [1.54, 1.807) is 0 Å². The van der Waals surface area contributed by atoms with Crippen molar-refractivity contribution in [3.63, 3.8) is 0 Å². The van der Waals surface area contributed by atoms with Crippen molar-refractivity contribution in [3.05, 3.63) is 0 Å². The van der Waals surface area contributed by atoms with Crippen LogP contribution in [-0.4, -0.2) is 59.9 Å². The van der Waals surface area contributed by atoms with Crippen LogP contribution < -0.4 is 0 Å². The molecule has 0 aliphatic heterocycles. The van der Waals surface area contributed by atoms with Gasteiger partial charge in [0, 0.05) is 38.0 Å². The highest BCUT2D eigenvalue weighted by Gasteiger charge is 2.67. The molecule has 196 valence electrons. The van der Waals surface area contributed by atoms with E-state index in [9.17, 15) is 24.0 Å². The molecule has 3 aliphatic carbocycles. The molecule has 0 amide bonds. The Morgan fingerprint density at radius 3 is 2.06 bits per heavy atom. The van der Waals surface area contributed by atoms with Crippen molar-refractivity contribution in [2.75, 3.05) is 7.11 Å². The lowest BCUT2D eigenvalue weighted by Crippen LogP contribution is -2.69. The van der Waals surface area contributed by atoms with Crippen molar-refractivity contribution in [1.29, 1.82) is 0 Å².